The number of ether oxygens (including phenoxy) is 1. The number of alkyl halides is 1. The molecule has 1 atom stereocenters. The Balaban J connectivity index is 2.91. The smallest absolute Gasteiger partial charge is 0.124 e. The van der Waals surface area contributed by atoms with Gasteiger partial charge in [0.25, 0.3) is 0 Å². The van der Waals surface area contributed by atoms with Crippen LogP contribution in [0.25, 0.3) is 0 Å². The Morgan fingerprint density at radius 3 is 2.57 bits per heavy atom. The van der Waals surface area contributed by atoms with Crippen molar-refractivity contribution in [3.8, 4) is 5.75 Å². The lowest BCUT2D eigenvalue weighted by Gasteiger charge is -2.16. The van der Waals surface area contributed by atoms with E-state index in [-0.39, 0.29) is 6.10 Å². The molecule has 0 bridgehead atoms. The molecule has 1 aromatic carbocycles. The van der Waals surface area contributed by atoms with E-state index in [1.165, 1.54) is 0 Å². The van der Waals surface area contributed by atoms with Crippen molar-refractivity contribution < 1.29 is 9.13 Å². The van der Waals surface area contributed by atoms with Crippen LogP contribution in [0.2, 0.25) is 0 Å². The molecule has 78 valence electrons. The fourth-order valence-electron chi connectivity index (χ4n) is 1.23. The van der Waals surface area contributed by atoms with Crippen LogP contribution in [0.15, 0.2) is 24.3 Å². The standard InChI is InChI=1S/C11H16FNO/c1-8(2)14-11-6-4-3-5-9(11)10(13)7-12/h3-6,8,10H,7,13H2,1-2H3/t10-/m0/s1. The summed E-state index contributed by atoms with van der Waals surface area (Å²) >= 11 is 0. The Kier molecular flexibility index (Phi) is 3.89. The Bertz CT molecular complexity index is 288. The van der Waals surface area contributed by atoms with Gasteiger partial charge < -0.3 is 10.5 Å². The molecular weight excluding hydrogens is 181 g/mol. The van der Waals surface area contributed by atoms with E-state index in [1.54, 1.807) is 6.07 Å². The van der Waals surface area contributed by atoms with E-state index in [0.717, 1.165) is 5.56 Å². The van der Waals surface area contributed by atoms with E-state index >= 15 is 0 Å². The summed E-state index contributed by atoms with van der Waals surface area (Å²) in [6.07, 6.45) is 0.0722. The van der Waals surface area contributed by atoms with Gasteiger partial charge in [-0.05, 0) is 19.9 Å². The molecule has 0 aliphatic rings. The van der Waals surface area contributed by atoms with Gasteiger partial charge in [0.1, 0.15) is 12.4 Å². The first-order chi connectivity index (χ1) is 6.65. The van der Waals surface area contributed by atoms with Crippen molar-refractivity contribution in [1.82, 2.24) is 0 Å². The van der Waals surface area contributed by atoms with Crippen molar-refractivity contribution in [1.29, 1.82) is 0 Å². The maximum atomic E-state index is 12.4. The second-order valence-corrected chi connectivity index (χ2v) is 3.47. The highest BCUT2D eigenvalue weighted by atomic mass is 19.1. The highest BCUT2D eigenvalue weighted by Crippen LogP contribution is 2.24. The van der Waals surface area contributed by atoms with Gasteiger partial charge in [0.05, 0.1) is 12.1 Å². The van der Waals surface area contributed by atoms with Gasteiger partial charge in [-0.1, -0.05) is 18.2 Å². The summed E-state index contributed by atoms with van der Waals surface area (Å²) in [6.45, 7) is 3.29. The molecule has 2 nitrogen and oxygen atoms in total. The fourth-order valence-corrected chi connectivity index (χ4v) is 1.23. The summed E-state index contributed by atoms with van der Waals surface area (Å²) < 4.78 is 17.9. The van der Waals surface area contributed by atoms with Gasteiger partial charge in [0.2, 0.25) is 0 Å². The summed E-state index contributed by atoms with van der Waals surface area (Å²) in [5.74, 6) is 0.674. The number of hydrogen-bond acceptors (Lipinski definition) is 2. The van der Waals surface area contributed by atoms with E-state index < -0.39 is 12.7 Å². The monoisotopic (exact) mass is 197 g/mol. The SMILES string of the molecule is CC(C)Oc1ccccc1[C@@H](N)CF. The zero-order valence-corrected chi connectivity index (χ0v) is 8.53. The predicted octanol–water partition coefficient (Wildman–Crippen LogP) is 2.44. The largest absolute Gasteiger partial charge is 0.491 e. The topological polar surface area (TPSA) is 35.2 Å². The molecular formula is C11H16FNO. The molecule has 1 rings (SSSR count). The fraction of sp³-hybridized carbons (Fsp3) is 0.455. The lowest BCUT2D eigenvalue weighted by atomic mass is 10.1. The average molecular weight is 197 g/mol. The van der Waals surface area contributed by atoms with Crippen molar-refractivity contribution in [2.45, 2.75) is 26.0 Å². The van der Waals surface area contributed by atoms with Crippen LogP contribution in [0.5, 0.6) is 5.75 Å². The van der Waals surface area contributed by atoms with Gasteiger partial charge in [-0.3, -0.25) is 0 Å². The summed E-state index contributed by atoms with van der Waals surface area (Å²) in [5, 5.41) is 0. The molecule has 0 fully saturated rings. The minimum atomic E-state index is -0.593. The molecule has 1 aromatic rings. The van der Waals surface area contributed by atoms with Crippen LogP contribution in [0.3, 0.4) is 0 Å². The third-order valence-electron chi connectivity index (χ3n) is 1.85. The van der Waals surface area contributed by atoms with Crippen molar-refractivity contribution >= 4 is 0 Å². The van der Waals surface area contributed by atoms with Crippen LogP contribution >= 0.6 is 0 Å². The third kappa shape index (κ3) is 2.70. The molecule has 2 N–H and O–H groups in total. The van der Waals surface area contributed by atoms with Crippen LogP contribution in [0, 0.1) is 0 Å². The zero-order valence-electron chi connectivity index (χ0n) is 8.53. The summed E-state index contributed by atoms with van der Waals surface area (Å²) in [4.78, 5) is 0. The normalized spacial score (nSPS) is 12.9. The third-order valence-corrected chi connectivity index (χ3v) is 1.85. The molecule has 0 spiro atoms. The second-order valence-electron chi connectivity index (χ2n) is 3.47. The lowest BCUT2D eigenvalue weighted by Crippen LogP contribution is -2.15. The summed E-state index contributed by atoms with van der Waals surface area (Å²) in [6, 6.07) is 6.70. The van der Waals surface area contributed by atoms with Crippen molar-refractivity contribution in [3.05, 3.63) is 29.8 Å². The van der Waals surface area contributed by atoms with Crippen LogP contribution in [0.1, 0.15) is 25.5 Å². The summed E-state index contributed by atoms with van der Waals surface area (Å²) in [5.41, 5.74) is 6.34. The molecule has 3 heteroatoms. The Hall–Kier alpha value is -1.09. The number of benzene rings is 1. The van der Waals surface area contributed by atoms with Gasteiger partial charge in [-0.2, -0.15) is 0 Å². The Morgan fingerprint density at radius 1 is 1.36 bits per heavy atom. The zero-order chi connectivity index (χ0) is 10.6. The number of hydrogen-bond donors (Lipinski definition) is 1. The summed E-state index contributed by atoms with van der Waals surface area (Å²) in [7, 11) is 0. The molecule has 14 heavy (non-hydrogen) atoms. The highest BCUT2D eigenvalue weighted by Gasteiger charge is 2.11. The van der Waals surface area contributed by atoms with Crippen molar-refractivity contribution in [2.24, 2.45) is 5.73 Å². The maximum Gasteiger partial charge on any atom is 0.124 e. The van der Waals surface area contributed by atoms with E-state index in [1.807, 2.05) is 32.0 Å². The molecule has 0 radical (unpaired) electrons. The molecule has 0 amide bonds. The number of halogens is 1. The number of rotatable bonds is 4. The van der Waals surface area contributed by atoms with Gasteiger partial charge >= 0.3 is 0 Å². The quantitative estimate of drug-likeness (QED) is 0.804. The van der Waals surface area contributed by atoms with Crippen molar-refractivity contribution in [3.63, 3.8) is 0 Å². The van der Waals surface area contributed by atoms with E-state index in [2.05, 4.69) is 0 Å². The number of para-hydroxylation sites is 1. The lowest BCUT2D eigenvalue weighted by molar-refractivity contribution is 0.237. The minimum absolute atomic E-state index is 0.0722. The Morgan fingerprint density at radius 2 is 2.00 bits per heavy atom. The van der Waals surface area contributed by atoms with Crippen LogP contribution < -0.4 is 10.5 Å². The van der Waals surface area contributed by atoms with Gasteiger partial charge in [0, 0.05) is 5.56 Å². The predicted molar refractivity (Wildman–Crippen MR) is 55.1 cm³/mol. The van der Waals surface area contributed by atoms with Crippen LogP contribution in [0.4, 0.5) is 4.39 Å². The van der Waals surface area contributed by atoms with E-state index in [0.29, 0.717) is 5.75 Å². The van der Waals surface area contributed by atoms with Crippen molar-refractivity contribution in [2.75, 3.05) is 6.67 Å². The molecule has 0 aromatic heterocycles. The van der Waals surface area contributed by atoms with Crippen LogP contribution in [-0.2, 0) is 0 Å². The Labute approximate surface area is 83.9 Å². The number of nitrogens with two attached hydrogens (primary N) is 1. The van der Waals surface area contributed by atoms with Gasteiger partial charge in [-0.15, -0.1) is 0 Å². The second kappa shape index (κ2) is 4.96. The van der Waals surface area contributed by atoms with E-state index in [4.69, 9.17) is 10.5 Å². The highest BCUT2D eigenvalue weighted by molar-refractivity contribution is 5.35. The first-order valence-corrected chi connectivity index (χ1v) is 4.72. The molecule has 0 saturated carbocycles. The van der Waals surface area contributed by atoms with E-state index in [9.17, 15) is 4.39 Å². The molecule has 0 heterocycles. The first kappa shape index (κ1) is 11.0. The average Bonchev–Trinajstić information content (AvgIpc) is 2.16. The van der Waals surface area contributed by atoms with Gasteiger partial charge in [0.15, 0.2) is 0 Å². The van der Waals surface area contributed by atoms with Crippen LogP contribution in [-0.4, -0.2) is 12.8 Å². The minimum Gasteiger partial charge on any atom is -0.491 e. The molecule has 0 saturated heterocycles. The molecule has 0 unspecified atom stereocenters. The molecule has 0 aliphatic carbocycles. The molecule has 0 aliphatic heterocycles. The first-order valence-electron chi connectivity index (χ1n) is 4.72. The van der Waals surface area contributed by atoms with Gasteiger partial charge in [-0.25, -0.2) is 4.39 Å². The maximum absolute atomic E-state index is 12.4.